The predicted molar refractivity (Wildman–Crippen MR) is 105 cm³/mol. The van der Waals surface area contributed by atoms with E-state index in [4.69, 9.17) is 0 Å². The molecule has 2 aromatic carbocycles. The van der Waals surface area contributed by atoms with Crippen LogP contribution in [0.3, 0.4) is 0 Å². The number of benzene rings is 2. The SMILES string of the molecule is CC(=O)Nc1ccc(NC2SC(=O)N(c3ccc(C)c(C)c3)C2=O)cc1. The molecule has 0 radical (unpaired) electrons. The molecule has 0 aliphatic carbocycles. The van der Waals surface area contributed by atoms with E-state index in [1.54, 1.807) is 30.3 Å². The highest BCUT2D eigenvalue weighted by molar-refractivity contribution is 8.16. The van der Waals surface area contributed by atoms with Gasteiger partial charge in [-0.3, -0.25) is 14.4 Å². The van der Waals surface area contributed by atoms with Crippen molar-refractivity contribution < 1.29 is 14.4 Å². The van der Waals surface area contributed by atoms with Gasteiger partial charge in [0.25, 0.3) is 11.1 Å². The highest BCUT2D eigenvalue weighted by Crippen LogP contribution is 2.33. The maximum Gasteiger partial charge on any atom is 0.295 e. The van der Waals surface area contributed by atoms with Gasteiger partial charge < -0.3 is 10.6 Å². The summed E-state index contributed by atoms with van der Waals surface area (Å²) in [5.41, 5.74) is 4.08. The fourth-order valence-corrected chi connectivity index (χ4v) is 3.51. The number of thioether (sulfide) groups is 1. The Kier molecular flexibility index (Phi) is 4.99. The second kappa shape index (κ2) is 7.21. The highest BCUT2D eigenvalue weighted by Gasteiger charge is 2.40. The van der Waals surface area contributed by atoms with E-state index in [0.717, 1.165) is 22.9 Å². The van der Waals surface area contributed by atoms with E-state index < -0.39 is 5.37 Å². The molecular weight excluding hydrogens is 350 g/mol. The molecule has 26 heavy (non-hydrogen) atoms. The minimum Gasteiger partial charge on any atom is -0.365 e. The molecule has 7 heteroatoms. The molecule has 1 aliphatic rings. The minimum atomic E-state index is -0.685. The van der Waals surface area contributed by atoms with Crippen molar-refractivity contribution >= 4 is 45.9 Å². The van der Waals surface area contributed by atoms with Crippen LogP contribution in [-0.2, 0) is 9.59 Å². The number of nitrogens with one attached hydrogen (secondary N) is 2. The largest absolute Gasteiger partial charge is 0.365 e. The predicted octanol–water partition coefficient (Wildman–Crippen LogP) is 3.90. The number of hydrogen-bond donors (Lipinski definition) is 2. The molecule has 1 saturated heterocycles. The van der Waals surface area contributed by atoms with Gasteiger partial charge in [-0.25, -0.2) is 4.90 Å². The Morgan fingerprint density at radius 1 is 1.00 bits per heavy atom. The number of nitrogens with zero attached hydrogens (tertiary/aromatic N) is 1. The van der Waals surface area contributed by atoms with E-state index in [0.29, 0.717) is 17.1 Å². The van der Waals surface area contributed by atoms with Crippen LogP contribution in [0.5, 0.6) is 0 Å². The van der Waals surface area contributed by atoms with Gasteiger partial charge in [-0.1, -0.05) is 6.07 Å². The number of aryl methyl sites for hydroxylation is 2. The molecule has 3 rings (SSSR count). The van der Waals surface area contributed by atoms with Crippen LogP contribution < -0.4 is 15.5 Å². The Morgan fingerprint density at radius 3 is 2.27 bits per heavy atom. The third kappa shape index (κ3) is 3.72. The van der Waals surface area contributed by atoms with E-state index in [1.165, 1.54) is 11.8 Å². The van der Waals surface area contributed by atoms with E-state index in [2.05, 4.69) is 10.6 Å². The Hall–Kier alpha value is -2.80. The number of amides is 3. The number of hydrogen-bond acceptors (Lipinski definition) is 5. The first kappa shape index (κ1) is 18.0. The molecule has 134 valence electrons. The molecule has 6 nitrogen and oxygen atoms in total. The molecule has 1 aliphatic heterocycles. The van der Waals surface area contributed by atoms with Gasteiger partial charge in [0, 0.05) is 18.3 Å². The van der Waals surface area contributed by atoms with Gasteiger partial charge in [0.2, 0.25) is 5.91 Å². The molecule has 2 N–H and O–H groups in total. The van der Waals surface area contributed by atoms with Gasteiger partial charge in [0.15, 0.2) is 5.37 Å². The molecule has 1 fully saturated rings. The maximum atomic E-state index is 12.7. The number of imide groups is 1. The third-order valence-corrected chi connectivity index (χ3v) is 5.04. The lowest BCUT2D eigenvalue weighted by Gasteiger charge is -2.16. The minimum absolute atomic E-state index is 0.151. The molecule has 3 amide bonds. The normalized spacial score (nSPS) is 16.7. The Bertz CT molecular complexity index is 880. The van der Waals surface area contributed by atoms with Crippen molar-refractivity contribution in [2.24, 2.45) is 0 Å². The molecule has 0 spiro atoms. The summed E-state index contributed by atoms with van der Waals surface area (Å²) in [5.74, 6) is -0.448. The van der Waals surface area contributed by atoms with Crippen molar-refractivity contribution in [1.29, 1.82) is 0 Å². The van der Waals surface area contributed by atoms with Crippen LogP contribution in [0.2, 0.25) is 0 Å². The van der Waals surface area contributed by atoms with Crippen LogP contribution in [0, 0.1) is 13.8 Å². The fourth-order valence-electron chi connectivity index (χ4n) is 2.60. The fraction of sp³-hybridized carbons (Fsp3) is 0.211. The summed E-state index contributed by atoms with van der Waals surface area (Å²) >= 11 is 0.953. The highest BCUT2D eigenvalue weighted by atomic mass is 32.2. The van der Waals surface area contributed by atoms with Crippen molar-refractivity contribution in [1.82, 2.24) is 0 Å². The van der Waals surface area contributed by atoms with Crippen LogP contribution in [0.1, 0.15) is 18.1 Å². The number of carbonyl (C=O) groups excluding carboxylic acids is 3. The lowest BCUT2D eigenvalue weighted by atomic mass is 10.1. The average molecular weight is 369 g/mol. The van der Waals surface area contributed by atoms with Gasteiger partial charge in [0.1, 0.15) is 0 Å². The summed E-state index contributed by atoms with van der Waals surface area (Å²) in [4.78, 5) is 37.3. The van der Waals surface area contributed by atoms with Crippen LogP contribution in [0.15, 0.2) is 42.5 Å². The number of rotatable bonds is 4. The quantitative estimate of drug-likeness (QED) is 0.855. The Balaban J connectivity index is 1.74. The van der Waals surface area contributed by atoms with Crippen molar-refractivity contribution in [3.63, 3.8) is 0 Å². The Labute approximate surface area is 156 Å². The van der Waals surface area contributed by atoms with Gasteiger partial charge in [-0.2, -0.15) is 0 Å². The van der Waals surface area contributed by atoms with Crippen molar-refractivity contribution in [3.8, 4) is 0 Å². The second-order valence-corrected chi connectivity index (χ2v) is 7.17. The van der Waals surface area contributed by atoms with Crippen molar-refractivity contribution in [2.45, 2.75) is 26.1 Å². The van der Waals surface area contributed by atoms with Crippen molar-refractivity contribution in [2.75, 3.05) is 15.5 Å². The standard InChI is InChI=1S/C19H19N3O3S/c1-11-4-9-16(10-12(11)2)22-18(24)17(26-19(22)25)21-15-7-5-14(6-8-15)20-13(3)23/h4-10,17,21H,1-3H3,(H,20,23). The average Bonchev–Trinajstić information content (AvgIpc) is 2.85. The van der Waals surface area contributed by atoms with Crippen molar-refractivity contribution in [3.05, 3.63) is 53.6 Å². The van der Waals surface area contributed by atoms with Crippen LogP contribution in [-0.4, -0.2) is 22.4 Å². The molecule has 1 atom stereocenters. The molecule has 0 aromatic heterocycles. The summed E-state index contributed by atoms with van der Waals surface area (Å²) in [6.45, 7) is 5.37. The zero-order valence-corrected chi connectivity index (χ0v) is 15.5. The molecule has 1 unspecified atom stereocenters. The van der Waals surface area contributed by atoms with E-state index in [-0.39, 0.29) is 17.1 Å². The number of carbonyl (C=O) groups is 3. The van der Waals surface area contributed by atoms with E-state index >= 15 is 0 Å². The third-order valence-electron chi connectivity index (χ3n) is 4.10. The molecule has 0 bridgehead atoms. The van der Waals surface area contributed by atoms with Gasteiger partial charge >= 0.3 is 0 Å². The summed E-state index contributed by atoms with van der Waals surface area (Å²) in [5, 5.41) is 4.76. The first-order valence-corrected chi connectivity index (χ1v) is 8.99. The van der Waals surface area contributed by atoms with Gasteiger partial charge in [-0.15, -0.1) is 0 Å². The monoisotopic (exact) mass is 369 g/mol. The zero-order valence-electron chi connectivity index (χ0n) is 14.7. The van der Waals surface area contributed by atoms with Gasteiger partial charge in [-0.05, 0) is 73.1 Å². The number of anilines is 3. The van der Waals surface area contributed by atoms with E-state index in [1.807, 2.05) is 26.0 Å². The summed E-state index contributed by atoms with van der Waals surface area (Å²) in [7, 11) is 0. The first-order chi connectivity index (χ1) is 12.3. The molecule has 1 heterocycles. The molecular formula is C19H19N3O3S. The lowest BCUT2D eigenvalue weighted by molar-refractivity contribution is -0.116. The van der Waals surface area contributed by atoms with Crippen LogP contribution in [0.25, 0.3) is 0 Å². The van der Waals surface area contributed by atoms with Crippen LogP contribution in [0.4, 0.5) is 21.9 Å². The zero-order chi connectivity index (χ0) is 18.8. The molecule has 0 saturated carbocycles. The smallest absolute Gasteiger partial charge is 0.295 e. The summed E-state index contributed by atoms with van der Waals surface area (Å²) < 4.78 is 0. The lowest BCUT2D eigenvalue weighted by Crippen LogP contribution is -2.34. The van der Waals surface area contributed by atoms with E-state index in [9.17, 15) is 14.4 Å². The summed E-state index contributed by atoms with van der Waals surface area (Å²) in [6, 6.07) is 12.5. The summed E-state index contributed by atoms with van der Waals surface area (Å²) in [6.07, 6.45) is 0. The first-order valence-electron chi connectivity index (χ1n) is 8.11. The second-order valence-electron chi connectivity index (χ2n) is 6.11. The molecule has 2 aromatic rings. The van der Waals surface area contributed by atoms with Gasteiger partial charge in [0.05, 0.1) is 5.69 Å². The Morgan fingerprint density at radius 2 is 1.65 bits per heavy atom. The van der Waals surface area contributed by atoms with Crippen LogP contribution >= 0.6 is 11.8 Å². The topological polar surface area (TPSA) is 78.5 Å². The maximum absolute atomic E-state index is 12.7.